The molecule has 1 aliphatic heterocycles. The molecule has 0 N–H and O–H groups in total. The number of piperazine rings is 1. The fourth-order valence-electron chi connectivity index (χ4n) is 3.00. The molecule has 1 saturated heterocycles. The summed E-state index contributed by atoms with van der Waals surface area (Å²) < 4.78 is 10.4. The van der Waals surface area contributed by atoms with Gasteiger partial charge in [0.05, 0.1) is 14.2 Å². The number of amides is 1. The zero-order chi connectivity index (χ0) is 18.4. The zero-order valence-electron chi connectivity index (χ0n) is 15.2. The highest BCUT2D eigenvalue weighted by Crippen LogP contribution is 2.20. The standard InChI is InChI=1S/C21H24N2O3/c1-25-19-9-7-18(8-10-19)22-12-14-23(15-13-22)21(24)11-6-17-4-3-5-20(16-17)26-2/h3-11,16H,12-15H2,1-2H3/b11-6+. The monoisotopic (exact) mass is 352 g/mol. The lowest BCUT2D eigenvalue weighted by Crippen LogP contribution is -2.48. The van der Waals surface area contributed by atoms with Gasteiger partial charge in [-0.25, -0.2) is 0 Å². The Labute approximate surface area is 154 Å². The largest absolute Gasteiger partial charge is 0.497 e. The first-order chi connectivity index (χ1) is 12.7. The van der Waals surface area contributed by atoms with Crippen LogP contribution in [0.2, 0.25) is 0 Å². The Morgan fingerprint density at radius 2 is 1.62 bits per heavy atom. The quantitative estimate of drug-likeness (QED) is 0.776. The van der Waals surface area contributed by atoms with E-state index in [0.717, 1.165) is 35.8 Å². The average molecular weight is 352 g/mol. The van der Waals surface area contributed by atoms with Crippen molar-refractivity contribution in [3.8, 4) is 11.5 Å². The van der Waals surface area contributed by atoms with Crippen molar-refractivity contribution in [3.05, 3.63) is 60.2 Å². The predicted molar refractivity (Wildman–Crippen MR) is 104 cm³/mol. The van der Waals surface area contributed by atoms with Gasteiger partial charge >= 0.3 is 0 Å². The van der Waals surface area contributed by atoms with Crippen LogP contribution in [0.4, 0.5) is 5.69 Å². The molecule has 1 heterocycles. The van der Waals surface area contributed by atoms with E-state index < -0.39 is 0 Å². The molecule has 0 spiro atoms. The van der Waals surface area contributed by atoms with Gasteiger partial charge in [-0.1, -0.05) is 12.1 Å². The Kier molecular flexibility index (Phi) is 5.79. The highest BCUT2D eigenvalue weighted by atomic mass is 16.5. The van der Waals surface area contributed by atoms with Crippen molar-refractivity contribution in [3.63, 3.8) is 0 Å². The van der Waals surface area contributed by atoms with Gasteiger partial charge in [0.25, 0.3) is 0 Å². The van der Waals surface area contributed by atoms with Crippen LogP contribution < -0.4 is 14.4 Å². The molecule has 0 radical (unpaired) electrons. The molecule has 1 fully saturated rings. The topological polar surface area (TPSA) is 42.0 Å². The lowest BCUT2D eigenvalue weighted by molar-refractivity contribution is -0.126. The van der Waals surface area contributed by atoms with Gasteiger partial charge in [0.15, 0.2) is 0 Å². The van der Waals surface area contributed by atoms with E-state index in [1.165, 1.54) is 0 Å². The van der Waals surface area contributed by atoms with E-state index in [1.54, 1.807) is 20.3 Å². The third kappa shape index (κ3) is 4.36. The SMILES string of the molecule is COc1ccc(N2CCN(C(=O)/C=C/c3cccc(OC)c3)CC2)cc1. The summed E-state index contributed by atoms with van der Waals surface area (Å²) in [6.07, 6.45) is 3.47. The maximum Gasteiger partial charge on any atom is 0.246 e. The number of ether oxygens (including phenoxy) is 2. The fraction of sp³-hybridized carbons (Fsp3) is 0.286. The molecule has 26 heavy (non-hydrogen) atoms. The molecule has 0 unspecified atom stereocenters. The smallest absolute Gasteiger partial charge is 0.246 e. The van der Waals surface area contributed by atoms with E-state index in [2.05, 4.69) is 17.0 Å². The molecule has 1 amide bonds. The molecule has 0 aromatic heterocycles. The number of hydrogen-bond acceptors (Lipinski definition) is 4. The highest BCUT2D eigenvalue weighted by Gasteiger charge is 2.19. The van der Waals surface area contributed by atoms with Gasteiger partial charge in [0, 0.05) is 37.9 Å². The summed E-state index contributed by atoms with van der Waals surface area (Å²) in [4.78, 5) is 16.6. The first-order valence-corrected chi connectivity index (χ1v) is 8.69. The molecule has 5 nitrogen and oxygen atoms in total. The summed E-state index contributed by atoms with van der Waals surface area (Å²) in [6.45, 7) is 3.08. The third-order valence-electron chi connectivity index (χ3n) is 4.54. The number of methoxy groups -OCH3 is 2. The Hall–Kier alpha value is -2.95. The molecular weight excluding hydrogens is 328 g/mol. The lowest BCUT2D eigenvalue weighted by Gasteiger charge is -2.35. The van der Waals surface area contributed by atoms with Crippen LogP contribution in [0.25, 0.3) is 6.08 Å². The van der Waals surface area contributed by atoms with E-state index in [0.29, 0.717) is 13.1 Å². The third-order valence-corrected chi connectivity index (χ3v) is 4.54. The first kappa shape index (κ1) is 17.9. The lowest BCUT2D eigenvalue weighted by atomic mass is 10.2. The van der Waals surface area contributed by atoms with Crippen molar-refractivity contribution in [1.82, 2.24) is 4.90 Å². The molecule has 2 aromatic rings. The maximum atomic E-state index is 12.4. The molecule has 0 aliphatic carbocycles. The van der Waals surface area contributed by atoms with Gasteiger partial charge in [-0.3, -0.25) is 4.79 Å². The van der Waals surface area contributed by atoms with Gasteiger partial charge in [-0.05, 0) is 48.0 Å². The molecule has 5 heteroatoms. The van der Waals surface area contributed by atoms with Crippen LogP contribution in [0.1, 0.15) is 5.56 Å². The van der Waals surface area contributed by atoms with Gasteiger partial charge in [0.1, 0.15) is 11.5 Å². The predicted octanol–water partition coefficient (Wildman–Crippen LogP) is 3.07. The molecule has 1 aliphatic rings. The van der Waals surface area contributed by atoms with E-state index >= 15 is 0 Å². The summed E-state index contributed by atoms with van der Waals surface area (Å²) in [5, 5.41) is 0. The summed E-state index contributed by atoms with van der Waals surface area (Å²) in [5.74, 6) is 1.68. The second-order valence-corrected chi connectivity index (χ2v) is 6.12. The number of anilines is 1. The fourth-order valence-corrected chi connectivity index (χ4v) is 3.00. The van der Waals surface area contributed by atoms with Gasteiger partial charge in [-0.15, -0.1) is 0 Å². The number of benzene rings is 2. The number of hydrogen-bond donors (Lipinski definition) is 0. The Bertz CT molecular complexity index is 763. The number of nitrogens with zero attached hydrogens (tertiary/aromatic N) is 2. The normalized spacial score (nSPS) is 14.5. The minimum absolute atomic E-state index is 0.0437. The second-order valence-electron chi connectivity index (χ2n) is 6.12. The molecule has 0 atom stereocenters. The van der Waals surface area contributed by atoms with Gasteiger partial charge in [-0.2, -0.15) is 0 Å². The van der Waals surface area contributed by atoms with Crippen LogP contribution in [0.15, 0.2) is 54.6 Å². The van der Waals surface area contributed by atoms with Crippen molar-refractivity contribution in [2.45, 2.75) is 0 Å². The maximum absolute atomic E-state index is 12.4. The molecule has 3 rings (SSSR count). The van der Waals surface area contributed by atoms with Crippen molar-refractivity contribution >= 4 is 17.7 Å². The number of carbonyl (C=O) groups is 1. The second kappa shape index (κ2) is 8.43. The van der Waals surface area contributed by atoms with Crippen molar-refractivity contribution in [2.24, 2.45) is 0 Å². The Balaban J connectivity index is 1.55. The van der Waals surface area contributed by atoms with Crippen molar-refractivity contribution in [2.75, 3.05) is 45.3 Å². The van der Waals surface area contributed by atoms with Crippen LogP contribution in [0, 0.1) is 0 Å². The van der Waals surface area contributed by atoms with Crippen LogP contribution in [-0.2, 0) is 4.79 Å². The van der Waals surface area contributed by atoms with Crippen molar-refractivity contribution in [1.29, 1.82) is 0 Å². The summed E-state index contributed by atoms with van der Waals surface area (Å²) in [5.41, 5.74) is 2.11. The summed E-state index contributed by atoms with van der Waals surface area (Å²) >= 11 is 0. The number of carbonyl (C=O) groups excluding carboxylic acids is 1. The summed E-state index contributed by atoms with van der Waals surface area (Å²) in [7, 11) is 3.30. The minimum atomic E-state index is 0.0437. The van der Waals surface area contributed by atoms with Crippen LogP contribution in [0.5, 0.6) is 11.5 Å². The van der Waals surface area contributed by atoms with E-state index in [1.807, 2.05) is 47.4 Å². The summed E-state index contributed by atoms with van der Waals surface area (Å²) in [6, 6.07) is 15.7. The van der Waals surface area contributed by atoms with Crippen LogP contribution in [0.3, 0.4) is 0 Å². The van der Waals surface area contributed by atoms with E-state index in [9.17, 15) is 4.79 Å². The zero-order valence-corrected chi connectivity index (χ0v) is 15.2. The van der Waals surface area contributed by atoms with Crippen LogP contribution in [-0.4, -0.2) is 51.2 Å². The van der Waals surface area contributed by atoms with Gasteiger partial charge < -0.3 is 19.3 Å². The van der Waals surface area contributed by atoms with E-state index in [4.69, 9.17) is 9.47 Å². The van der Waals surface area contributed by atoms with E-state index in [-0.39, 0.29) is 5.91 Å². The first-order valence-electron chi connectivity index (χ1n) is 8.69. The molecular formula is C21H24N2O3. The van der Waals surface area contributed by atoms with Crippen LogP contribution >= 0.6 is 0 Å². The highest BCUT2D eigenvalue weighted by molar-refractivity contribution is 5.92. The molecule has 0 saturated carbocycles. The average Bonchev–Trinajstić information content (AvgIpc) is 2.72. The molecule has 2 aromatic carbocycles. The van der Waals surface area contributed by atoms with Crippen molar-refractivity contribution < 1.29 is 14.3 Å². The van der Waals surface area contributed by atoms with Gasteiger partial charge in [0.2, 0.25) is 5.91 Å². The molecule has 136 valence electrons. The Morgan fingerprint density at radius 3 is 2.27 bits per heavy atom. The minimum Gasteiger partial charge on any atom is -0.497 e. The molecule has 0 bridgehead atoms. The Morgan fingerprint density at radius 1 is 0.923 bits per heavy atom. The number of rotatable bonds is 5.